The first kappa shape index (κ1) is 14.8. The second-order valence-corrected chi connectivity index (χ2v) is 4.91. The largest absolute Gasteiger partial charge is 0.489 e. The lowest BCUT2D eigenvalue weighted by Gasteiger charge is -2.29. The summed E-state index contributed by atoms with van der Waals surface area (Å²) in [6.07, 6.45) is 4.17. The van der Waals surface area contributed by atoms with Gasteiger partial charge in [-0.05, 0) is 31.4 Å². The van der Waals surface area contributed by atoms with E-state index in [1.165, 1.54) is 12.1 Å². The molecule has 0 spiro atoms. The van der Waals surface area contributed by atoms with Crippen molar-refractivity contribution in [2.75, 3.05) is 13.7 Å². The molecule has 0 saturated heterocycles. The molecule has 4 heteroatoms. The maximum atomic E-state index is 13.4. The van der Waals surface area contributed by atoms with Gasteiger partial charge in [-0.3, -0.25) is 0 Å². The molecule has 0 radical (unpaired) electrons. The molecule has 0 aromatic heterocycles. The molecule has 1 aromatic rings. The van der Waals surface area contributed by atoms with E-state index in [9.17, 15) is 4.39 Å². The van der Waals surface area contributed by atoms with Gasteiger partial charge in [0, 0.05) is 19.6 Å². The van der Waals surface area contributed by atoms with Gasteiger partial charge >= 0.3 is 0 Å². The monoisotopic (exact) mass is 277 g/mol. The topological polar surface area (TPSA) is 44.5 Å². The van der Waals surface area contributed by atoms with Gasteiger partial charge in [0.1, 0.15) is 17.7 Å². The number of rotatable bonds is 3. The normalized spacial score (nSPS) is 21.9. The van der Waals surface area contributed by atoms with E-state index >= 15 is 0 Å². The van der Waals surface area contributed by atoms with Gasteiger partial charge in [0.05, 0.1) is 18.2 Å². The molecule has 0 aliphatic heterocycles. The Labute approximate surface area is 119 Å². The van der Waals surface area contributed by atoms with E-state index in [0.29, 0.717) is 11.3 Å². The number of hydrogen-bond acceptors (Lipinski definition) is 3. The van der Waals surface area contributed by atoms with Gasteiger partial charge in [-0.15, -0.1) is 0 Å². The number of methoxy groups -OCH3 is 1. The Morgan fingerprint density at radius 1 is 1.35 bits per heavy atom. The zero-order valence-electron chi connectivity index (χ0n) is 11.7. The van der Waals surface area contributed by atoms with Gasteiger partial charge in [0.25, 0.3) is 0 Å². The third-order valence-electron chi connectivity index (χ3n) is 3.47. The molecule has 20 heavy (non-hydrogen) atoms. The summed E-state index contributed by atoms with van der Waals surface area (Å²) < 4.78 is 24.7. The first-order valence-electron chi connectivity index (χ1n) is 6.91. The Kier molecular flexibility index (Phi) is 5.40. The molecule has 1 aromatic carbocycles. The number of nitrogens with two attached hydrogens (primary N) is 1. The van der Waals surface area contributed by atoms with Crippen LogP contribution in [-0.4, -0.2) is 25.9 Å². The van der Waals surface area contributed by atoms with Crippen molar-refractivity contribution in [1.82, 2.24) is 0 Å². The Morgan fingerprint density at radius 2 is 2.15 bits per heavy atom. The second kappa shape index (κ2) is 7.28. The van der Waals surface area contributed by atoms with E-state index < -0.39 is 0 Å². The standard InChI is InChI=1S/C16H20FNO2/c1-19-14-5-2-6-15(11-14)20-16-10-13(17)8-7-12(16)4-3-9-18/h7-8,10,14-15H,2,5-6,9,11,18H2,1H3. The number of halogens is 1. The summed E-state index contributed by atoms with van der Waals surface area (Å²) in [7, 11) is 1.72. The van der Waals surface area contributed by atoms with Crippen molar-refractivity contribution < 1.29 is 13.9 Å². The summed E-state index contributed by atoms with van der Waals surface area (Å²) in [6.45, 7) is 0.270. The van der Waals surface area contributed by atoms with E-state index in [1.54, 1.807) is 13.2 Å². The van der Waals surface area contributed by atoms with E-state index in [1.807, 2.05) is 0 Å². The van der Waals surface area contributed by atoms with Crippen LogP contribution in [0.15, 0.2) is 18.2 Å². The molecule has 2 N–H and O–H groups in total. The van der Waals surface area contributed by atoms with Crippen molar-refractivity contribution in [1.29, 1.82) is 0 Å². The van der Waals surface area contributed by atoms with E-state index in [-0.39, 0.29) is 24.6 Å². The highest BCUT2D eigenvalue weighted by Gasteiger charge is 2.23. The Bertz CT molecular complexity index is 507. The van der Waals surface area contributed by atoms with Crippen LogP contribution in [0.5, 0.6) is 5.75 Å². The molecular weight excluding hydrogens is 257 g/mol. The summed E-state index contributed by atoms with van der Waals surface area (Å²) in [4.78, 5) is 0. The molecule has 2 atom stereocenters. The van der Waals surface area contributed by atoms with Gasteiger partial charge in [-0.2, -0.15) is 0 Å². The first-order valence-corrected chi connectivity index (χ1v) is 6.91. The molecular formula is C16H20FNO2. The van der Waals surface area contributed by atoms with Crippen LogP contribution >= 0.6 is 0 Å². The number of benzene rings is 1. The minimum Gasteiger partial charge on any atom is -0.489 e. The minimum absolute atomic E-state index is 0.0499. The van der Waals surface area contributed by atoms with Gasteiger partial charge in [0.2, 0.25) is 0 Å². The molecule has 2 unspecified atom stereocenters. The van der Waals surface area contributed by atoms with Gasteiger partial charge in [0.15, 0.2) is 0 Å². The highest BCUT2D eigenvalue weighted by atomic mass is 19.1. The summed E-state index contributed by atoms with van der Waals surface area (Å²) in [6, 6.07) is 4.40. The average molecular weight is 277 g/mol. The van der Waals surface area contributed by atoms with Gasteiger partial charge in [-0.25, -0.2) is 4.39 Å². The zero-order valence-corrected chi connectivity index (χ0v) is 11.7. The van der Waals surface area contributed by atoms with Crippen LogP contribution in [-0.2, 0) is 4.74 Å². The predicted octanol–water partition coefficient (Wildman–Crippen LogP) is 2.47. The van der Waals surface area contributed by atoms with Crippen LogP contribution in [0, 0.1) is 17.7 Å². The van der Waals surface area contributed by atoms with Crippen molar-refractivity contribution in [3.63, 3.8) is 0 Å². The zero-order chi connectivity index (χ0) is 14.4. The molecule has 1 saturated carbocycles. The van der Waals surface area contributed by atoms with E-state index in [2.05, 4.69) is 11.8 Å². The molecule has 1 fully saturated rings. The van der Waals surface area contributed by atoms with Gasteiger partial charge < -0.3 is 15.2 Å². The van der Waals surface area contributed by atoms with E-state index in [0.717, 1.165) is 25.7 Å². The molecule has 1 aliphatic rings. The van der Waals surface area contributed by atoms with Crippen molar-refractivity contribution >= 4 is 0 Å². The van der Waals surface area contributed by atoms with Crippen LogP contribution < -0.4 is 10.5 Å². The van der Waals surface area contributed by atoms with Crippen LogP contribution in [0.4, 0.5) is 4.39 Å². The minimum atomic E-state index is -0.322. The van der Waals surface area contributed by atoms with Crippen molar-refractivity contribution in [3.05, 3.63) is 29.6 Å². The maximum absolute atomic E-state index is 13.4. The van der Waals surface area contributed by atoms with Crippen LogP contribution in [0.1, 0.15) is 31.2 Å². The van der Waals surface area contributed by atoms with Crippen molar-refractivity contribution in [2.24, 2.45) is 5.73 Å². The molecule has 108 valence electrons. The second-order valence-electron chi connectivity index (χ2n) is 4.91. The van der Waals surface area contributed by atoms with Crippen molar-refractivity contribution in [2.45, 2.75) is 37.9 Å². The Balaban J connectivity index is 2.13. The molecule has 0 bridgehead atoms. The van der Waals surface area contributed by atoms with Crippen LogP contribution in [0.3, 0.4) is 0 Å². The first-order chi connectivity index (χ1) is 9.72. The molecule has 0 heterocycles. The van der Waals surface area contributed by atoms with E-state index in [4.69, 9.17) is 15.2 Å². The average Bonchev–Trinajstić information content (AvgIpc) is 2.47. The third-order valence-corrected chi connectivity index (χ3v) is 3.47. The smallest absolute Gasteiger partial charge is 0.138 e. The number of hydrogen-bond donors (Lipinski definition) is 1. The summed E-state index contributed by atoms with van der Waals surface area (Å²) in [5.41, 5.74) is 6.05. The Morgan fingerprint density at radius 3 is 2.90 bits per heavy atom. The van der Waals surface area contributed by atoms with Gasteiger partial charge in [-0.1, -0.05) is 11.8 Å². The molecule has 1 aliphatic carbocycles. The summed E-state index contributed by atoms with van der Waals surface area (Å²) in [5.74, 6) is 5.86. The highest BCUT2D eigenvalue weighted by Crippen LogP contribution is 2.27. The highest BCUT2D eigenvalue weighted by molar-refractivity contribution is 5.46. The fourth-order valence-corrected chi connectivity index (χ4v) is 2.45. The predicted molar refractivity (Wildman–Crippen MR) is 76.0 cm³/mol. The summed E-state index contributed by atoms with van der Waals surface area (Å²) in [5, 5.41) is 0. The lowest BCUT2D eigenvalue weighted by molar-refractivity contribution is 0.0208. The third kappa shape index (κ3) is 3.96. The van der Waals surface area contributed by atoms with Crippen molar-refractivity contribution in [3.8, 4) is 17.6 Å². The molecule has 3 nitrogen and oxygen atoms in total. The van der Waals surface area contributed by atoms with Crippen LogP contribution in [0.2, 0.25) is 0 Å². The fourth-order valence-electron chi connectivity index (χ4n) is 2.45. The summed E-state index contributed by atoms with van der Waals surface area (Å²) >= 11 is 0. The Hall–Kier alpha value is -1.57. The quantitative estimate of drug-likeness (QED) is 0.863. The number of ether oxygens (including phenoxy) is 2. The molecule has 2 rings (SSSR count). The van der Waals surface area contributed by atoms with Crippen LogP contribution in [0.25, 0.3) is 0 Å². The fraction of sp³-hybridized carbons (Fsp3) is 0.500. The lowest BCUT2D eigenvalue weighted by atomic mass is 9.95. The maximum Gasteiger partial charge on any atom is 0.138 e. The molecule has 0 amide bonds. The SMILES string of the molecule is COC1CCCC(Oc2cc(F)ccc2C#CCN)C1. The lowest BCUT2D eigenvalue weighted by Crippen LogP contribution is -2.29.